The van der Waals surface area contributed by atoms with Crippen molar-refractivity contribution in [1.82, 2.24) is 4.90 Å². The highest BCUT2D eigenvalue weighted by molar-refractivity contribution is 5.99. The number of aryl methyl sites for hydroxylation is 2. The molecule has 1 aliphatic rings. The Labute approximate surface area is 229 Å². The van der Waals surface area contributed by atoms with Crippen LogP contribution in [-0.4, -0.2) is 31.1 Å². The van der Waals surface area contributed by atoms with E-state index >= 15 is 0 Å². The third kappa shape index (κ3) is 5.16. The van der Waals surface area contributed by atoms with Crippen molar-refractivity contribution in [3.63, 3.8) is 0 Å². The smallest absolute Gasteiger partial charge is 0.290 e. The topological polar surface area (TPSA) is 69.0 Å². The highest BCUT2D eigenvalue weighted by atomic mass is 16.5. The SMILES string of the molecule is CCCCCOc1ccc(C2c3c(oc4cc(C)c(C)cc4c3=O)C(=O)N2CCc2ccccc2)cc1OC. The predicted octanol–water partition coefficient (Wildman–Crippen LogP) is 6.78. The van der Waals surface area contributed by atoms with Crippen LogP contribution in [0.25, 0.3) is 11.0 Å². The minimum Gasteiger partial charge on any atom is -0.493 e. The Hall–Kier alpha value is -4.06. The van der Waals surface area contributed by atoms with Crippen molar-refractivity contribution in [1.29, 1.82) is 0 Å². The summed E-state index contributed by atoms with van der Waals surface area (Å²) in [5.41, 5.74) is 4.55. The molecule has 0 saturated carbocycles. The Bertz CT molecular complexity index is 1560. The number of ether oxygens (including phenoxy) is 2. The first-order valence-corrected chi connectivity index (χ1v) is 13.7. The minimum absolute atomic E-state index is 0.118. The number of amides is 1. The van der Waals surface area contributed by atoms with Crippen molar-refractivity contribution in [2.24, 2.45) is 0 Å². The maximum absolute atomic E-state index is 14.0. The van der Waals surface area contributed by atoms with Gasteiger partial charge in [-0.2, -0.15) is 0 Å². The van der Waals surface area contributed by atoms with Gasteiger partial charge in [-0.05, 0) is 73.2 Å². The molecule has 1 aromatic heterocycles. The summed E-state index contributed by atoms with van der Waals surface area (Å²) < 4.78 is 17.8. The largest absolute Gasteiger partial charge is 0.493 e. The van der Waals surface area contributed by atoms with Crippen LogP contribution in [-0.2, 0) is 6.42 Å². The molecule has 39 heavy (non-hydrogen) atoms. The molecule has 0 fully saturated rings. The zero-order chi connectivity index (χ0) is 27.5. The lowest BCUT2D eigenvalue weighted by molar-refractivity contribution is 0.0730. The minimum atomic E-state index is -0.596. The summed E-state index contributed by atoms with van der Waals surface area (Å²) in [4.78, 5) is 29.5. The number of hydrogen-bond acceptors (Lipinski definition) is 5. The average Bonchev–Trinajstić information content (AvgIpc) is 3.23. The summed E-state index contributed by atoms with van der Waals surface area (Å²) in [7, 11) is 1.60. The zero-order valence-corrected chi connectivity index (χ0v) is 23.1. The molecule has 3 aromatic carbocycles. The van der Waals surface area contributed by atoms with Gasteiger partial charge in [0, 0.05) is 6.54 Å². The van der Waals surface area contributed by atoms with Gasteiger partial charge in [0.2, 0.25) is 5.76 Å². The van der Waals surface area contributed by atoms with Gasteiger partial charge in [0.25, 0.3) is 5.91 Å². The van der Waals surface area contributed by atoms with Crippen LogP contribution in [0.4, 0.5) is 0 Å². The summed E-state index contributed by atoms with van der Waals surface area (Å²) in [5, 5.41) is 0.488. The van der Waals surface area contributed by atoms with Crippen molar-refractivity contribution >= 4 is 16.9 Å². The normalized spacial score (nSPS) is 14.6. The average molecular weight is 526 g/mol. The van der Waals surface area contributed by atoms with E-state index in [2.05, 4.69) is 6.92 Å². The molecular formula is C33H35NO5. The van der Waals surface area contributed by atoms with Crippen LogP contribution >= 0.6 is 0 Å². The van der Waals surface area contributed by atoms with E-state index in [1.807, 2.05) is 74.5 Å². The second-order valence-corrected chi connectivity index (χ2v) is 10.2. The van der Waals surface area contributed by atoms with Crippen LogP contribution in [0, 0.1) is 13.8 Å². The van der Waals surface area contributed by atoms with E-state index in [0.717, 1.165) is 41.5 Å². The van der Waals surface area contributed by atoms with E-state index in [9.17, 15) is 9.59 Å². The zero-order valence-electron chi connectivity index (χ0n) is 23.1. The van der Waals surface area contributed by atoms with Gasteiger partial charge in [0.05, 0.1) is 30.7 Å². The first-order valence-electron chi connectivity index (χ1n) is 13.7. The van der Waals surface area contributed by atoms with Crippen LogP contribution in [0.2, 0.25) is 0 Å². The predicted molar refractivity (Wildman–Crippen MR) is 153 cm³/mol. The quantitative estimate of drug-likeness (QED) is 0.214. The monoisotopic (exact) mass is 525 g/mol. The first kappa shape index (κ1) is 26.5. The summed E-state index contributed by atoms with van der Waals surface area (Å²) in [5.74, 6) is 1.06. The fourth-order valence-corrected chi connectivity index (χ4v) is 5.25. The van der Waals surface area contributed by atoms with Crippen LogP contribution in [0.1, 0.15) is 70.6 Å². The van der Waals surface area contributed by atoms with Gasteiger partial charge in [-0.3, -0.25) is 9.59 Å². The van der Waals surface area contributed by atoms with Crippen LogP contribution in [0.3, 0.4) is 0 Å². The van der Waals surface area contributed by atoms with Crippen molar-refractivity contribution in [3.8, 4) is 11.5 Å². The third-order valence-corrected chi connectivity index (χ3v) is 7.58. The standard InChI is InChI=1S/C33H35NO5/c1-5-6-10-17-38-26-14-13-24(20-28(26)37-4)30-29-31(35)25-18-21(2)22(3)19-27(25)39-32(29)33(36)34(30)16-15-23-11-8-7-9-12-23/h7-9,11-14,18-20,30H,5-6,10,15-17H2,1-4H3. The number of methoxy groups -OCH3 is 1. The molecule has 0 radical (unpaired) electrons. The summed E-state index contributed by atoms with van der Waals surface area (Å²) in [6.07, 6.45) is 3.83. The Morgan fingerprint density at radius 2 is 1.69 bits per heavy atom. The molecule has 1 unspecified atom stereocenters. The van der Waals surface area contributed by atoms with E-state index in [1.54, 1.807) is 12.0 Å². The van der Waals surface area contributed by atoms with E-state index in [-0.39, 0.29) is 17.1 Å². The molecule has 1 atom stereocenters. The second-order valence-electron chi connectivity index (χ2n) is 10.2. The molecule has 0 N–H and O–H groups in total. The van der Waals surface area contributed by atoms with Gasteiger partial charge < -0.3 is 18.8 Å². The van der Waals surface area contributed by atoms with Gasteiger partial charge >= 0.3 is 0 Å². The summed E-state index contributed by atoms with van der Waals surface area (Å²) in [6.45, 7) is 7.13. The van der Waals surface area contributed by atoms with Crippen LogP contribution in [0.5, 0.6) is 11.5 Å². The Morgan fingerprint density at radius 3 is 2.44 bits per heavy atom. The Kier molecular flexibility index (Phi) is 7.73. The van der Waals surface area contributed by atoms with Gasteiger partial charge in [-0.25, -0.2) is 0 Å². The number of hydrogen-bond donors (Lipinski definition) is 0. The molecule has 0 spiro atoms. The van der Waals surface area contributed by atoms with Crippen molar-refractivity contribution in [2.75, 3.05) is 20.3 Å². The molecule has 0 saturated heterocycles. The first-order chi connectivity index (χ1) is 18.9. The van der Waals surface area contributed by atoms with Crippen LogP contribution < -0.4 is 14.9 Å². The lowest BCUT2D eigenvalue weighted by Gasteiger charge is -2.26. The molecule has 2 heterocycles. The van der Waals surface area contributed by atoms with Gasteiger partial charge in [0.15, 0.2) is 16.9 Å². The number of benzene rings is 3. The number of carbonyl (C=O) groups excluding carboxylic acids is 1. The molecule has 5 rings (SSSR count). The van der Waals surface area contributed by atoms with E-state index in [1.165, 1.54) is 0 Å². The number of rotatable bonds is 10. The van der Waals surface area contributed by atoms with Crippen molar-refractivity contribution in [3.05, 3.63) is 104 Å². The van der Waals surface area contributed by atoms with E-state index < -0.39 is 6.04 Å². The van der Waals surface area contributed by atoms with E-state index in [4.69, 9.17) is 13.9 Å². The molecule has 6 heteroatoms. The number of fused-ring (bicyclic) bond motifs is 2. The lowest BCUT2D eigenvalue weighted by Crippen LogP contribution is -2.31. The maximum Gasteiger partial charge on any atom is 0.290 e. The second kappa shape index (κ2) is 11.4. The molecule has 1 aliphatic heterocycles. The lowest BCUT2D eigenvalue weighted by atomic mass is 9.97. The van der Waals surface area contributed by atoms with E-state index in [0.29, 0.717) is 47.6 Å². The molecule has 0 bridgehead atoms. The number of carbonyl (C=O) groups is 1. The van der Waals surface area contributed by atoms with Crippen molar-refractivity contribution in [2.45, 2.75) is 52.5 Å². The maximum atomic E-state index is 14.0. The van der Waals surface area contributed by atoms with Gasteiger partial charge in [0.1, 0.15) is 5.58 Å². The third-order valence-electron chi connectivity index (χ3n) is 7.58. The molecule has 4 aromatic rings. The van der Waals surface area contributed by atoms with Gasteiger partial charge in [-0.15, -0.1) is 0 Å². The molecule has 6 nitrogen and oxygen atoms in total. The molecule has 202 valence electrons. The Balaban J connectivity index is 1.60. The van der Waals surface area contributed by atoms with Gasteiger partial charge in [-0.1, -0.05) is 56.2 Å². The molecule has 1 amide bonds. The fraction of sp³-hybridized carbons (Fsp3) is 0.333. The highest BCUT2D eigenvalue weighted by Gasteiger charge is 2.42. The number of unbranched alkanes of at least 4 members (excludes halogenated alkanes) is 2. The number of nitrogens with zero attached hydrogens (tertiary/aromatic N) is 1. The molecular weight excluding hydrogens is 490 g/mol. The molecule has 0 aliphatic carbocycles. The van der Waals surface area contributed by atoms with Crippen LogP contribution in [0.15, 0.2) is 69.9 Å². The summed E-state index contributed by atoms with van der Waals surface area (Å²) >= 11 is 0. The summed E-state index contributed by atoms with van der Waals surface area (Å²) in [6, 6.07) is 18.8. The van der Waals surface area contributed by atoms with Crippen molar-refractivity contribution < 1.29 is 18.7 Å². The highest BCUT2D eigenvalue weighted by Crippen LogP contribution is 2.41. The fourth-order valence-electron chi connectivity index (χ4n) is 5.25. The Morgan fingerprint density at radius 1 is 0.923 bits per heavy atom.